The number of carbonyl (C=O) groups excluding carboxylic acids is 2. The largest absolute Gasteiger partial charge is 0.332 e. The number of nitrogens with one attached hydrogen (secondary N) is 1. The molecule has 2 rings (SSSR count). The fraction of sp³-hybridized carbons (Fsp3) is 0.353. The number of aromatic nitrogens is 1. The summed E-state index contributed by atoms with van der Waals surface area (Å²) in [4.78, 5) is 30.9. The lowest BCUT2D eigenvalue weighted by molar-refractivity contribution is -0.116. The second-order valence-electron chi connectivity index (χ2n) is 5.60. The molecule has 0 saturated carbocycles. The maximum absolute atomic E-state index is 12.4. The quantitative estimate of drug-likeness (QED) is 0.936. The van der Waals surface area contributed by atoms with E-state index in [-0.39, 0.29) is 18.4 Å². The highest BCUT2D eigenvalue weighted by Crippen LogP contribution is 2.20. The van der Waals surface area contributed by atoms with Gasteiger partial charge in [0.05, 0.1) is 17.2 Å². The van der Waals surface area contributed by atoms with E-state index in [1.807, 2.05) is 39.0 Å². The van der Waals surface area contributed by atoms with Gasteiger partial charge < -0.3 is 10.2 Å². The van der Waals surface area contributed by atoms with Gasteiger partial charge in [-0.1, -0.05) is 12.1 Å². The molecule has 0 aliphatic heterocycles. The van der Waals surface area contributed by atoms with Gasteiger partial charge in [0.15, 0.2) is 0 Å². The van der Waals surface area contributed by atoms with Gasteiger partial charge in [0, 0.05) is 12.7 Å². The lowest BCUT2D eigenvalue weighted by atomic mass is 10.1. The predicted octanol–water partition coefficient (Wildman–Crippen LogP) is 3.09. The van der Waals surface area contributed by atoms with Gasteiger partial charge in [-0.3, -0.25) is 9.59 Å². The molecule has 6 heteroatoms. The summed E-state index contributed by atoms with van der Waals surface area (Å²) in [5.41, 5.74) is 3.63. The third-order valence-electron chi connectivity index (χ3n) is 3.70. The van der Waals surface area contributed by atoms with Crippen LogP contribution in [-0.4, -0.2) is 35.3 Å². The molecule has 0 bridgehead atoms. The van der Waals surface area contributed by atoms with Crippen LogP contribution in [0.1, 0.15) is 31.5 Å². The molecule has 0 saturated heterocycles. The zero-order valence-corrected chi connectivity index (χ0v) is 14.9. The Morgan fingerprint density at radius 2 is 1.91 bits per heavy atom. The van der Waals surface area contributed by atoms with E-state index < -0.39 is 0 Å². The second-order valence-corrected chi connectivity index (χ2v) is 6.81. The van der Waals surface area contributed by atoms with E-state index in [4.69, 9.17) is 0 Å². The van der Waals surface area contributed by atoms with Gasteiger partial charge in [0.2, 0.25) is 5.91 Å². The number of hydrogen-bond acceptors (Lipinski definition) is 4. The number of carbonyl (C=O) groups is 2. The first kappa shape index (κ1) is 17.1. The van der Waals surface area contributed by atoms with Crippen molar-refractivity contribution in [3.8, 4) is 0 Å². The molecule has 1 aromatic carbocycles. The molecule has 1 N–H and O–H groups in total. The van der Waals surface area contributed by atoms with Crippen molar-refractivity contribution in [1.29, 1.82) is 0 Å². The van der Waals surface area contributed by atoms with Gasteiger partial charge in [0.25, 0.3) is 5.91 Å². The molecule has 0 unspecified atom stereocenters. The summed E-state index contributed by atoms with van der Waals surface area (Å²) in [6, 6.07) is 5.75. The monoisotopic (exact) mass is 331 g/mol. The lowest BCUT2D eigenvalue weighted by Gasteiger charge is -2.17. The third-order valence-corrected chi connectivity index (χ3v) is 4.76. The van der Waals surface area contributed by atoms with Crippen molar-refractivity contribution in [2.24, 2.45) is 0 Å². The minimum Gasteiger partial charge on any atom is -0.332 e. The van der Waals surface area contributed by atoms with Crippen molar-refractivity contribution in [3.63, 3.8) is 0 Å². The summed E-state index contributed by atoms with van der Waals surface area (Å²) in [6.07, 6.45) is 0. The number of rotatable bonds is 4. The molecule has 0 fully saturated rings. The van der Waals surface area contributed by atoms with Crippen LogP contribution in [0, 0.1) is 27.7 Å². The topological polar surface area (TPSA) is 62.3 Å². The van der Waals surface area contributed by atoms with Gasteiger partial charge in [-0.2, -0.15) is 0 Å². The molecule has 23 heavy (non-hydrogen) atoms. The summed E-state index contributed by atoms with van der Waals surface area (Å²) >= 11 is 1.35. The fourth-order valence-corrected chi connectivity index (χ4v) is 3.18. The number of anilines is 1. The van der Waals surface area contributed by atoms with Crippen LogP contribution >= 0.6 is 11.3 Å². The molecule has 0 spiro atoms. The van der Waals surface area contributed by atoms with Crippen LogP contribution in [0.2, 0.25) is 0 Å². The molecule has 122 valence electrons. The Hall–Kier alpha value is -2.21. The van der Waals surface area contributed by atoms with E-state index in [0.29, 0.717) is 10.6 Å². The van der Waals surface area contributed by atoms with Crippen molar-refractivity contribution in [1.82, 2.24) is 9.88 Å². The van der Waals surface area contributed by atoms with Crippen molar-refractivity contribution in [3.05, 3.63) is 44.9 Å². The Morgan fingerprint density at radius 1 is 1.22 bits per heavy atom. The van der Waals surface area contributed by atoms with Crippen LogP contribution in [0.5, 0.6) is 0 Å². The molecule has 1 aromatic heterocycles. The van der Waals surface area contributed by atoms with Crippen LogP contribution in [-0.2, 0) is 4.79 Å². The van der Waals surface area contributed by atoms with E-state index in [1.54, 1.807) is 14.0 Å². The molecule has 0 radical (unpaired) electrons. The Labute approximate surface area is 140 Å². The summed E-state index contributed by atoms with van der Waals surface area (Å²) in [5, 5.41) is 3.71. The van der Waals surface area contributed by atoms with Gasteiger partial charge in [-0.05, 0) is 44.9 Å². The zero-order chi connectivity index (χ0) is 17.1. The van der Waals surface area contributed by atoms with Crippen molar-refractivity contribution >= 4 is 28.8 Å². The minimum atomic E-state index is -0.214. The van der Waals surface area contributed by atoms with Crippen LogP contribution in [0.3, 0.4) is 0 Å². The van der Waals surface area contributed by atoms with Crippen molar-refractivity contribution in [2.45, 2.75) is 27.7 Å². The minimum absolute atomic E-state index is 0.00258. The molecule has 2 aromatic rings. The molecule has 0 aliphatic carbocycles. The van der Waals surface area contributed by atoms with Crippen LogP contribution in [0.15, 0.2) is 18.2 Å². The second kappa shape index (κ2) is 6.91. The zero-order valence-electron chi connectivity index (χ0n) is 14.1. The van der Waals surface area contributed by atoms with Gasteiger partial charge >= 0.3 is 0 Å². The molecule has 2 amide bonds. The Bertz CT molecular complexity index is 752. The first-order chi connectivity index (χ1) is 10.8. The first-order valence-corrected chi connectivity index (χ1v) is 8.16. The summed E-state index contributed by atoms with van der Waals surface area (Å²) in [5.74, 6) is -0.391. The predicted molar refractivity (Wildman–Crippen MR) is 93.1 cm³/mol. The smallest absolute Gasteiger partial charge is 0.266 e. The fourth-order valence-electron chi connectivity index (χ4n) is 2.27. The number of aryl methyl sites for hydroxylation is 3. The van der Waals surface area contributed by atoms with Gasteiger partial charge in [0.1, 0.15) is 4.88 Å². The molecule has 5 nitrogen and oxygen atoms in total. The SMILES string of the molecule is Cc1nc(C)c(C(=O)N(C)CC(=O)Nc2cccc(C)c2C)s1. The van der Waals surface area contributed by atoms with Gasteiger partial charge in [-0.15, -0.1) is 11.3 Å². The molecule has 0 atom stereocenters. The average Bonchev–Trinajstić information content (AvgIpc) is 2.81. The average molecular weight is 331 g/mol. The highest BCUT2D eigenvalue weighted by Gasteiger charge is 2.20. The van der Waals surface area contributed by atoms with Gasteiger partial charge in [-0.25, -0.2) is 4.98 Å². The summed E-state index contributed by atoms with van der Waals surface area (Å²) in [7, 11) is 1.62. The number of thiazole rings is 1. The number of amides is 2. The van der Waals surface area contributed by atoms with E-state index in [0.717, 1.165) is 21.8 Å². The molecule has 1 heterocycles. The highest BCUT2D eigenvalue weighted by molar-refractivity contribution is 7.13. The number of nitrogens with zero attached hydrogens (tertiary/aromatic N) is 2. The van der Waals surface area contributed by atoms with Crippen LogP contribution < -0.4 is 5.32 Å². The number of likely N-dealkylation sites (N-methyl/N-ethyl adjacent to an activating group) is 1. The lowest BCUT2D eigenvalue weighted by Crippen LogP contribution is -2.35. The number of benzene rings is 1. The molecular weight excluding hydrogens is 310 g/mol. The molecule has 0 aliphatic rings. The van der Waals surface area contributed by atoms with Crippen LogP contribution in [0.4, 0.5) is 5.69 Å². The van der Waals surface area contributed by atoms with E-state index in [1.165, 1.54) is 16.2 Å². The first-order valence-electron chi connectivity index (χ1n) is 7.35. The Morgan fingerprint density at radius 3 is 2.52 bits per heavy atom. The van der Waals surface area contributed by atoms with Crippen molar-refractivity contribution < 1.29 is 9.59 Å². The standard InChI is InChI=1S/C17H21N3O2S/c1-10-7-6-8-14(11(10)2)19-15(21)9-20(5)17(22)16-12(3)18-13(4)23-16/h6-8H,9H2,1-5H3,(H,19,21). The Kier molecular flexibility index (Phi) is 5.15. The summed E-state index contributed by atoms with van der Waals surface area (Å²) in [6.45, 7) is 7.63. The third kappa shape index (κ3) is 3.96. The van der Waals surface area contributed by atoms with Crippen molar-refractivity contribution in [2.75, 3.05) is 18.9 Å². The summed E-state index contributed by atoms with van der Waals surface area (Å²) < 4.78 is 0. The normalized spacial score (nSPS) is 10.5. The van der Waals surface area contributed by atoms with E-state index in [9.17, 15) is 9.59 Å². The van der Waals surface area contributed by atoms with E-state index >= 15 is 0 Å². The molecular formula is C17H21N3O2S. The highest BCUT2D eigenvalue weighted by atomic mass is 32.1. The van der Waals surface area contributed by atoms with Crippen LogP contribution in [0.25, 0.3) is 0 Å². The van der Waals surface area contributed by atoms with E-state index in [2.05, 4.69) is 10.3 Å². The Balaban J connectivity index is 2.03. The number of hydrogen-bond donors (Lipinski definition) is 1. The maximum Gasteiger partial charge on any atom is 0.266 e. The maximum atomic E-state index is 12.4.